The zero-order valence-corrected chi connectivity index (χ0v) is 19.5. The second-order valence-corrected chi connectivity index (χ2v) is 9.26. The van der Waals surface area contributed by atoms with E-state index in [4.69, 9.17) is 9.47 Å². The topological polar surface area (TPSA) is 111 Å². The van der Waals surface area contributed by atoms with Crippen LogP contribution in [0.25, 0.3) is 0 Å². The number of nitrogens with one attached hydrogen (secondary N) is 2. The Morgan fingerprint density at radius 1 is 0.875 bits per heavy atom. The third-order valence-electron chi connectivity index (χ3n) is 4.38. The summed E-state index contributed by atoms with van der Waals surface area (Å²) in [7, 11) is -3.89. The van der Waals surface area contributed by atoms with Crippen LogP contribution in [0.15, 0.2) is 42.5 Å². The van der Waals surface area contributed by atoms with Crippen molar-refractivity contribution in [3.63, 3.8) is 0 Å². The number of hydrogen-bond acceptors (Lipinski definition) is 6. The molecule has 0 aliphatic rings. The maximum absolute atomic E-state index is 12.2. The van der Waals surface area contributed by atoms with Gasteiger partial charge in [-0.2, -0.15) is 0 Å². The van der Waals surface area contributed by atoms with Crippen LogP contribution in [-0.2, 0) is 25.8 Å². The molecule has 2 aromatic rings. The van der Waals surface area contributed by atoms with Crippen molar-refractivity contribution in [3.05, 3.63) is 53.6 Å². The molecular weight excluding hydrogens is 432 g/mol. The molecule has 0 saturated carbocycles. The normalized spacial score (nSPS) is 11.0. The smallest absolute Gasteiger partial charge is 0.239 e. The molecule has 0 radical (unpaired) electrons. The molecule has 2 amide bonds. The maximum Gasteiger partial charge on any atom is 0.239 e. The highest BCUT2D eigenvalue weighted by Crippen LogP contribution is 2.28. The monoisotopic (exact) mass is 462 g/mol. The van der Waals surface area contributed by atoms with Crippen LogP contribution in [0.2, 0.25) is 0 Å². The van der Waals surface area contributed by atoms with Crippen molar-refractivity contribution in [2.45, 2.75) is 27.2 Å². The van der Waals surface area contributed by atoms with E-state index in [2.05, 4.69) is 10.6 Å². The van der Waals surface area contributed by atoms with Gasteiger partial charge >= 0.3 is 0 Å². The van der Waals surface area contributed by atoms with Gasteiger partial charge in [0, 0.05) is 12.2 Å². The molecule has 0 unspecified atom stereocenters. The summed E-state index contributed by atoms with van der Waals surface area (Å²) in [6.07, 6.45) is 0.492. The van der Waals surface area contributed by atoms with Crippen LogP contribution >= 0.6 is 0 Å². The van der Waals surface area contributed by atoms with Gasteiger partial charge in [-0.3, -0.25) is 9.59 Å². The first-order chi connectivity index (χ1) is 15.2. The minimum atomic E-state index is -3.89. The van der Waals surface area contributed by atoms with E-state index in [9.17, 15) is 18.0 Å². The molecule has 9 heteroatoms. The van der Waals surface area contributed by atoms with Gasteiger partial charge in [0.1, 0.15) is 11.5 Å². The Morgan fingerprint density at radius 2 is 1.50 bits per heavy atom. The predicted octanol–water partition coefficient (Wildman–Crippen LogP) is 2.50. The van der Waals surface area contributed by atoms with E-state index in [0.717, 1.165) is 11.1 Å². The quantitative estimate of drug-likeness (QED) is 0.501. The standard InChI is InChI=1S/C23H30N2O6S/c1-4-30-20-11-8-18(14-21(20)31-5-2)12-13-24-22(26)15-32(28,29)16-23(27)25-19-9-6-17(3)7-10-19/h6-11,14H,4-5,12-13,15-16H2,1-3H3,(H,24,26)(H,25,27). The fraction of sp³-hybridized carbons (Fsp3) is 0.391. The van der Waals surface area contributed by atoms with Crippen LogP contribution in [0, 0.1) is 6.92 Å². The molecule has 2 N–H and O–H groups in total. The highest BCUT2D eigenvalue weighted by Gasteiger charge is 2.21. The van der Waals surface area contributed by atoms with Crippen molar-refractivity contribution in [2.75, 3.05) is 36.6 Å². The number of ether oxygens (including phenoxy) is 2. The number of benzene rings is 2. The molecular formula is C23H30N2O6S. The molecule has 32 heavy (non-hydrogen) atoms. The lowest BCUT2D eigenvalue weighted by Crippen LogP contribution is -2.35. The van der Waals surface area contributed by atoms with Gasteiger partial charge in [-0.1, -0.05) is 23.8 Å². The molecule has 0 saturated heterocycles. The highest BCUT2D eigenvalue weighted by molar-refractivity contribution is 7.92. The molecule has 2 rings (SSSR count). The fourth-order valence-corrected chi connectivity index (χ4v) is 4.01. The average molecular weight is 463 g/mol. The molecule has 0 aliphatic carbocycles. The number of carbonyl (C=O) groups excluding carboxylic acids is 2. The summed E-state index contributed by atoms with van der Waals surface area (Å²) >= 11 is 0. The lowest BCUT2D eigenvalue weighted by molar-refractivity contribution is -0.118. The Morgan fingerprint density at radius 3 is 2.16 bits per heavy atom. The zero-order valence-electron chi connectivity index (χ0n) is 18.6. The van der Waals surface area contributed by atoms with Crippen molar-refractivity contribution in [3.8, 4) is 11.5 Å². The Labute approximate surface area is 189 Å². The van der Waals surface area contributed by atoms with E-state index in [1.54, 1.807) is 24.3 Å². The van der Waals surface area contributed by atoms with Gasteiger partial charge in [0.2, 0.25) is 11.8 Å². The lowest BCUT2D eigenvalue weighted by atomic mass is 10.1. The number of amides is 2. The molecule has 0 bridgehead atoms. The largest absolute Gasteiger partial charge is 0.490 e. The number of aryl methyl sites for hydroxylation is 1. The third kappa shape index (κ3) is 8.58. The fourth-order valence-electron chi connectivity index (χ4n) is 2.93. The van der Waals surface area contributed by atoms with Crippen molar-refractivity contribution < 1.29 is 27.5 Å². The Bertz CT molecular complexity index is 1020. The van der Waals surface area contributed by atoms with Gasteiger partial charge in [-0.15, -0.1) is 0 Å². The summed E-state index contributed by atoms with van der Waals surface area (Å²) in [6, 6.07) is 12.5. The minimum absolute atomic E-state index is 0.253. The second kappa shape index (κ2) is 12.1. The Kier molecular flexibility index (Phi) is 9.52. The zero-order chi connectivity index (χ0) is 23.6. The summed E-state index contributed by atoms with van der Waals surface area (Å²) in [5.41, 5.74) is 2.44. The highest BCUT2D eigenvalue weighted by atomic mass is 32.2. The molecule has 174 valence electrons. The van der Waals surface area contributed by atoms with E-state index >= 15 is 0 Å². The van der Waals surface area contributed by atoms with Crippen molar-refractivity contribution in [2.24, 2.45) is 0 Å². The van der Waals surface area contributed by atoms with Crippen molar-refractivity contribution in [1.29, 1.82) is 0 Å². The van der Waals surface area contributed by atoms with E-state index in [0.29, 0.717) is 36.8 Å². The summed E-state index contributed by atoms with van der Waals surface area (Å²) < 4.78 is 35.5. The van der Waals surface area contributed by atoms with E-state index in [1.165, 1.54) is 0 Å². The predicted molar refractivity (Wildman–Crippen MR) is 124 cm³/mol. The summed E-state index contributed by atoms with van der Waals surface area (Å²) in [4.78, 5) is 24.1. The van der Waals surface area contributed by atoms with Crippen LogP contribution in [0.4, 0.5) is 5.69 Å². The second-order valence-electron chi connectivity index (χ2n) is 7.19. The lowest BCUT2D eigenvalue weighted by Gasteiger charge is -2.12. The molecule has 0 aliphatic heterocycles. The molecule has 0 spiro atoms. The van der Waals surface area contributed by atoms with E-state index in [1.807, 2.05) is 39.0 Å². The number of anilines is 1. The van der Waals surface area contributed by atoms with Crippen LogP contribution in [-0.4, -0.2) is 51.5 Å². The Balaban J connectivity index is 1.82. The van der Waals surface area contributed by atoms with Crippen molar-refractivity contribution in [1.82, 2.24) is 5.32 Å². The van der Waals surface area contributed by atoms with Gasteiger partial charge in [-0.05, 0) is 57.0 Å². The first-order valence-corrected chi connectivity index (χ1v) is 12.3. The summed E-state index contributed by atoms with van der Waals surface area (Å²) in [6.45, 7) is 6.94. The average Bonchev–Trinajstić information content (AvgIpc) is 2.71. The number of rotatable bonds is 12. The molecule has 8 nitrogen and oxygen atoms in total. The van der Waals surface area contributed by atoms with Gasteiger partial charge in [0.15, 0.2) is 21.3 Å². The first kappa shape index (κ1) is 25.2. The van der Waals surface area contributed by atoms with Crippen molar-refractivity contribution >= 4 is 27.3 Å². The SMILES string of the molecule is CCOc1ccc(CCNC(=O)CS(=O)(=O)CC(=O)Nc2ccc(C)cc2)cc1OCC. The van der Waals surface area contributed by atoms with Crippen LogP contribution < -0.4 is 20.1 Å². The molecule has 0 heterocycles. The molecule has 0 fully saturated rings. The van der Waals surface area contributed by atoms with Crippen LogP contribution in [0.3, 0.4) is 0 Å². The molecule has 0 aromatic heterocycles. The number of carbonyl (C=O) groups is 2. The van der Waals surface area contributed by atoms with Crippen LogP contribution in [0.5, 0.6) is 11.5 Å². The number of sulfone groups is 1. The Hall–Kier alpha value is -3.07. The maximum atomic E-state index is 12.2. The van der Waals surface area contributed by atoms with Gasteiger partial charge < -0.3 is 20.1 Å². The van der Waals surface area contributed by atoms with E-state index < -0.39 is 33.2 Å². The van der Waals surface area contributed by atoms with Gasteiger partial charge in [0.05, 0.1) is 13.2 Å². The molecule has 2 aromatic carbocycles. The summed E-state index contributed by atoms with van der Waals surface area (Å²) in [5.74, 6) is -1.56. The first-order valence-electron chi connectivity index (χ1n) is 10.4. The van der Waals surface area contributed by atoms with Gasteiger partial charge in [-0.25, -0.2) is 8.42 Å². The summed E-state index contributed by atoms with van der Waals surface area (Å²) in [5, 5.41) is 5.11. The van der Waals surface area contributed by atoms with E-state index in [-0.39, 0.29) is 6.54 Å². The van der Waals surface area contributed by atoms with Gasteiger partial charge in [0.25, 0.3) is 0 Å². The number of hydrogen-bond donors (Lipinski definition) is 2. The van der Waals surface area contributed by atoms with Crippen LogP contribution in [0.1, 0.15) is 25.0 Å². The molecule has 0 atom stereocenters. The third-order valence-corrected chi connectivity index (χ3v) is 5.79. The minimum Gasteiger partial charge on any atom is -0.490 e.